The number of nitrogens with one attached hydrogen (secondary N) is 2. The van der Waals surface area contributed by atoms with Crippen LogP contribution in [0.1, 0.15) is 65.8 Å². The molecule has 2 aromatic carbocycles. The number of thiazole rings is 1. The first-order chi connectivity index (χ1) is 21.0. The van der Waals surface area contributed by atoms with E-state index in [1.807, 2.05) is 30.3 Å². The van der Waals surface area contributed by atoms with Gasteiger partial charge in [-0.15, -0.1) is 16.3 Å². The summed E-state index contributed by atoms with van der Waals surface area (Å²) in [5, 5.41) is 7.40. The number of aliphatic imine (C=N–C) groups is 1. The number of hydrogen-bond acceptors (Lipinski definition) is 7. The molecule has 12 heteroatoms. The van der Waals surface area contributed by atoms with Gasteiger partial charge in [0.15, 0.2) is 5.13 Å². The summed E-state index contributed by atoms with van der Waals surface area (Å²) < 4.78 is 10.7. The molecule has 2 N–H and O–H groups in total. The van der Waals surface area contributed by atoms with Crippen molar-refractivity contribution in [2.24, 2.45) is 10.9 Å². The third-order valence-corrected chi connectivity index (χ3v) is 7.73. The van der Waals surface area contributed by atoms with Crippen molar-refractivity contribution in [2.45, 2.75) is 79.6 Å². The summed E-state index contributed by atoms with van der Waals surface area (Å²) >= 11 is 14.2. The lowest BCUT2D eigenvalue weighted by Crippen LogP contribution is -2.46. The number of nitrogens with zero attached hydrogens (tertiary/aromatic N) is 3. The van der Waals surface area contributed by atoms with E-state index in [1.54, 1.807) is 58.9 Å². The lowest BCUT2D eigenvalue weighted by atomic mass is 10.0. The van der Waals surface area contributed by atoms with Crippen LogP contribution in [0.15, 0.2) is 53.5 Å². The minimum atomic E-state index is -0.841. The molecule has 0 fully saturated rings. The zero-order chi connectivity index (χ0) is 33.4. The lowest BCUT2D eigenvalue weighted by molar-refractivity contribution is 0.0560. The molecule has 244 valence electrons. The molecule has 45 heavy (non-hydrogen) atoms. The van der Waals surface area contributed by atoms with E-state index < -0.39 is 23.4 Å². The third kappa shape index (κ3) is 12.5. The van der Waals surface area contributed by atoms with Gasteiger partial charge < -0.3 is 19.7 Å². The van der Waals surface area contributed by atoms with Gasteiger partial charge in [-0.25, -0.2) is 14.6 Å². The van der Waals surface area contributed by atoms with Gasteiger partial charge in [0.1, 0.15) is 11.2 Å². The summed E-state index contributed by atoms with van der Waals surface area (Å²) in [5.41, 5.74) is 1.37. The first-order valence-electron chi connectivity index (χ1n) is 14.8. The number of aromatic nitrogens is 1. The van der Waals surface area contributed by atoms with E-state index in [1.165, 1.54) is 0 Å². The largest absolute Gasteiger partial charge is 0.444 e. The first-order valence-corrected chi connectivity index (χ1v) is 16.4. The Hall–Kier alpha value is -3.34. The monoisotopic (exact) mass is 675 g/mol. The zero-order valence-corrected chi connectivity index (χ0v) is 29.5. The standard InChI is InChI=1S/C33H43Cl2N5O4S/c1-21(2)18-26-27(23-14-15-24(34)25(35)19-23)37-29(45-26)40(20-22-12-10-9-11-13-22)17-16-36-28(38-30(41)43-32(3,4)5)39-31(42)44-33(6,7)8/h9-15,19,21H,16-18,20H2,1-8H3,(H2,36,38,39,41,42). The van der Waals surface area contributed by atoms with E-state index in [-0.39, 0.29) is 5.96 Å². The molecule has 0 saturated carbocycles. The van der Waals surface area contributed by atoms with Crippen molar-refractivity contribution in [3.8, 4) is 11.3 Å². The second-order valence-electron chi connectivity index (χ2n) is 12.9. The molecule has 0 spiro atoms. The Bertz CT molecular complexity index is 1480. The number of anilines is 1. The van der Waals surface area contributed by atoms with E-state index in [9.17, 15) is 9.59 Å². The first kappa shape index (κ1) is 36.1. The topological polar surface area (TPSA) is 105 Å². The normalized spacial score (nSPS) is 12.2. The molecule has 0 bridgehead atoms. The number of benzene rings is 2. The number of rotatable bonds is 9. The molecule has 0 saturated heterocycles. The van der Waals surface area contributed by atoms with E-state index in [2.05, 4.69) is 46.5 Å². The van der Waals surface area contributed by atoms with Crippen LogP contribution in [0.5, 0.6) is 0 Å². The van der Waals surface area contributed by atoms with Crippen molar-refractivity contribution in [3.05, 3.63) is 69.0 Å². The number of carbonyl (C=O) groups is 2. The Morgan fingerprint density at radius 3 is 2.24 bits per heavy atom. The van der Waals surface area contributed by atoms with Crippen molar-refractivity contribution in [1.82, 2.24) is 15.6 Å². The van der Waals surface area contributed by atoms with Gasteiger partial charge in [0.25, 0.3) is 0 Å². The maximum atomic E-state index is 12.6. The van der Waals surface area contributed by atoms with Crippen molar-refractivity contribution < 1.29 is 19.1 Å². The maximum absolute atomic E-state index is 12.6. The average molecular weight is 677 g/mol. The van der Waals surface area contributed by atoms with Crippen molar-refractivity contribution in [2.75, 3.05) is 18.0 Å². The lowest BCUT2D eigenvalue weighted by Gasteiger charge is -2.24. The van der Waals surface area contributed by atoms with Gasteiger partial charge in [0, 0.05) is 30.1 Å². The summed E-state index contributed by atoms with van der Waals surface area (Å²) in [6, 6.07) is 15.6. The quantitative estimate of drug-likeness (QED) is 0.173. The highest BCUT2D eigenvalue weighted by Crippen LogP contribution is 2.37. The third-order valence-electron chi connectivity index (χ3n) is 5.85. The van der Waals surface area contributed by atoms with Crippen molar-refractivity contribution in [1.29, 1.82) is 0 Å². The number of amides is 2. The van der Waals surface area contributed by atoms with Gasteiger partial charge in [-0.3, -0.25) is 5.32 Å². The average Bonchev–Trinajstić information content (AvgIpc) is 3.31. The fourth-order valence-electron chi connectivity index (χ4n) is 4.10. The Morgan fingerprint density at radius 2 is 1.64 bits per heavy atom. The number of halogens is 2. The minimum Gasteiger partial charge on any atom is -0.444 e. The number of guanidine groups is 1. The molecule has 0 aliphatic heterocycles. The van der Waals surface area contributed by atoms with Gasteiger partial charge in [0.2, 0.25) is 5.96 Å². The predicted molar refractivity (Wildman–Crippen MR) is 185 cm³/mol. The Labute approximate surface area is 280 Å². The molecule has 2 amide bonds. The minimum absolute atomic E-state index is 0.0747. The summed E-state index contributed by atoms with van der Waals surface area (Å²) in [6.07, 6.45) is -0.744. The van der Waals surface area contributed by atoms with Crippen LogP contribution in [0.2, 0.25) is 10.0 Å². The SMILES string of the molecule is CC(C)Cc1sc(N(CCN/C(=N/C(=O)OC(C)(C)C)NC(=O)OC(C)(C)C)Cc2ccccc2)nc1-c1ccc(Cl)c(Cl)c1. The molecular weight excluding hydrogens is 633 g/mol. The van der Waals surface area contributed by atoms with E-state index in [4.69, 9.17) is 37.7 Å². The molecule has 0 radical (unpaired) electrons. The van der Waals surface area contributed by atoms with Crippen LogP contribution in [0, 0.1) is 5.92 Å². The molecule has 1 heterocycles. The molecule has 0 atom stereocenters. The van der Waals surface area contributed by atoms with Crippen LogP contribution < -0.4 is 15.5 Å². The molecule has 0 aliphatic rings. The Morgan fingerprint density at radius 1 is 0.978 bits per heavy atom. The maximum Gasteiger partial charge on any atom is 0.437 e. The van der Waals surface area contributed by atoms with Gasteiger partial charge in [-0.1, -0.05) is 73.4 Å². The van der Waals surface area contributed by atoms with E-state index >= 15 is 0 Å². The van der Waals surface area contributed by atoms with Gasteiger partial charge in [0.05, 0.1) is 15.7 Å². The summed E-state index contributed by atoms with van der Waals surface area (Å²) in [7, 11) is 0. The Kier molecular flexibility index (Phi) is 12.7. The molecule has 9 nitrogen and oxygen atoms in total. The fourth-order valence-corrected chi connectivity index (χ4v) is 5.71. The van der Waals surface area contributed by atoms with E-state index in [0.717, 1.165) is 33.3 Å². The highest BCUT2D eigenvalue weighted by Gasteiger charge is 2.22. The number of alkyl carbamates (subject to hydrolysis) is 1. The predicted octanol–water partition coefficient (Wildman–Crippen LogP) is 8.73. The summed E-state index contributed by atoms with van der Waals surface area (Å²) in [5.74, 6) is 0.337. The van der Waals surface area contributed by atoms with Gasteiger partial charge in [-0.05, 0) is 71.6 Å². The fraction of sp³-hybridized carbons (Fsp3) is 0.455. The molecule has 1 aromatic heterocycles. The Balaban J connectivity index is 1.91. The molecule has 3 aromatic rings. The second-order valence-corrected chi connectivity index (χ2v) is 14.8. The van der Waals surface area contributed by atoms with Crippen LogP contribution in [-0.2, 0) is 22.4 Å². The highest BCUT2D eigenvalue weighted by atomic mass is 35.5. The zero-order valence-electron chi connectivity index (χ0n) is 27.2. The van der Waals surface area contributed by atoms with Crippen LogP contribution in [0.3, 0.4) is 0 Å². The molecule has 0 unspecified atom stereocenters. The highest BCUT2D eigenvalue weighted by molar-refractivity contribution is 7.16. The molecule has 3 rings (SSSR count). The van der Waals surface area contributed by atoms with Crippen LogP contribution in [0.25, 0.3) is 11.3 Å². The molecule has 0 aliphatic carbocycles. The molecular formula is C33H43Cl2N5O4S. The second kappa shape index (κ2) is 15.8. The van der Waals surface area contributed by atoms with Gasteiger partial charge in [-0.2, -0.15) is 0 Å². The van der Waals surface area contributed by atoms with Crippen molar-refractivity contribution in [3.63, 3.8) is 0 Å². The van der Waals surface area contributed by atoms with Crippen molar-refractivity contribution >= 4 is 57.8 Å². The van der Waals surface area contributed by atoms with Crippen LogP contribution in [0.4, 0.5) is 14.7 Å². The smallest absolute Gasteiger partial charge is 0.437 e. The van der Waals surface area contributed by atoms with Crippen LogP contribution >= 0.6 is 34.5 Å². The number of carbonyl (C=O) groups excluding carboxylic acids is 2. The summed E-state index contributed by atoms with van der Waals surface area (Å²) in [6.45, 7) is 16.2. The number of hydrogen-bond donors (Lipinski definition) is 2. The van der Waals surface area contributed by atoms with E-state index in [0.29, 0.717) is 35.6 Å². The van der Waals surface area contributed by atoms with Crippen LogP contribution in [-0.4, -0.2) is 47.4 Å². The summed E-state index contributed by atoms with van der Waals surface area (Å²) in [4.78, 5) is 37.4. The van der Waals surface area contributed by atoms with Gasteiger partial charge >= 0.3 is 12.2 Å². The number of ether oxygens (including phenoxy) is 2.